The summed E-state index contributed by atoms with van der Waals surface area (Å²) in [6.45, 7) is 13.8. The minimum absolute atomic E-state index is 0.174. The zero-order chi connectivity index (χ0) is 25.4. The molecule has 5 rings (SSSR count). The van der Waals surface area contributed by atoms with E-state index < -0.39 is 0 Å². The summed E-state index contributed by atoms with van der Waals surface area (Å²) in [6, 6.07) is 13.9. The van der Waals surface area contributed by atoms with Crippen LogP contribution in [0.3, 0.4) is 0 Å². The largest absolute Gasteiger partial charge is 0.322 e. The van der Waals surface area contributed by atoms with Crippen LogP contribution >= 0.6 is 0 Å². The van der Waals surface area contributed by atoms with E-state index in [1.54, 1.807) is 0 Å². The number of rotatable bonds is 7. The molecule has 0 aliphatic carbocycles. The van der Waals surface area contributed by atoms with Crippen molar-refractivity contribution in [3.05, 3.63) is 71.7 Å². The predicted octanol–water partition coefficient (Wildman–Crippen LogP) is 6.13. The first-order valence-electron chi connectivity index (χ1n) is 13.2. The highest BCUT2D eigenvalue weighted by Gasteiger charge is 2.30. The highest BCUT2D eigenvalue weighted by atomic mass is 19.1. The van der Waals surface area contributed by atoms with Crippen LogP contribution in [0.2, 0.25) is 0 Å². The minimum atomic E-state index is -0.221. The summed E-state index contributed by atoms with van der Waals surface area (Å²) in [5, 5.41) is 1.24. The third kappa shape index (κ3) is 4.79. The van der Waals surface area contributed by atoms with Gasteiger partial charge in [-0.3, -0.25) is 4.90 Å². The SMILES string of the molecule is CC(C)c1ccc2c(C3=CCN(CCN4CCN(C(C)C)C4=O)CC3)cn(-c3ccc(F)cc3)c2c1. The minimum Gasteiger partial charge on any atom is -0.322 e. The van der Waals surface area contributed by atoms with Gasteiger partial charge >= 0.3 is 6.03 Å². The maximum Gasteiger partial charge on any atom is 0.320 e. The van der Waals surface area contributed by atoms with E-state index >= 15 is 0 Å². The first kappa shape index (κ1) is 24.6. The second kappa shape index (κ2) is 10.1. The molecule has 3 heterocycles. The lowest BCUT2D eigenvalue weighted by Crippen LogP contribution is -2.40. The van der Waals surface area contributed by atoms with Gasteiger partial charge in [-0.15, -0.1) is 0 Å². The van der Waals surface area contributed by atoms with Gasteiger partial charge in [0.05, 0.1) is 5.52 Å². The molecule has 0 bridgehead atoms. The first-order chi connectivity index (χ1) is 17.3. The molecule has 0 atom stereocenters. The number of halogens is 1. The summed E-state index contributed by atoms with van der Waals surface area (Å²) < 4.78 is 15.8. The number of hydrogen-bond donors (Lipinski definition) is 0. The van der Waals surface area contributed by atoms with Crippen LogP contribution in [-0.2, 0) is 0 Å². The lowest BCUT2D eigenvalue weighted by molar-refractivity contribution is 0.176. The van der Waals surface area contributed by atoms with Crippen molar-refractivity contribution in [2.24, 2.45) is 0 Å². The van der Waals surface area contributed by atoms with Crippen molar-refractivity contribution in [2.45, 2.75) is 46.1 Å². The topological polar surface area (TPSA) is 31.7 Å². The summed E-state index contributed by atoms with van der Waals surface area (Å²) in [5.41, 5.74) is 6.04. The number of amides is 2. The molecule has 2 aromatic carbocycles. The number of aromatic nitrogens is 1. The van der Waals surface area contributed by atoms with Crippen molar-refractivity contribution >= 4 is 22.5 Å². The summed E-state index contributed by atoms with van der Waals surface area (Å²) >= 11 is 0. The van der Waals surface area contributed by atoms with Crippen LogP contribution in [0.15, 0.2) is 54.7 Å². The molecule has 190 valence electrons. The molecule has 2 amide bonds. The van der Waals surface area contributed by atoms with E-state index in [9.17, 15) is 9.18 Å². The van der Waals surface area contributed by atoms with E-state index in [0.29, 0.717) is 5.92 Å². The number of carbonyl (C=O) groups excluding carboxylic acids is 1. The Morgan fingerprint density at radius 2 is 1.72 bits per heavy atom. The molecule has 0 spiro atoms. The molecular weight excluding hydrogens is 451 g/mol. The maximum atomic E-state index is 13.6. The molecule has 0 N–H and O–H groups in total. The molecule has 0 saturated carbocycles. The summed E-state index contributed by atoms with van der Waals surface area (Å²) in [7, 11) is 0. The van der Waals surface area contributed by atoms with Crippen molar-refractivity contribution in [3.8, 4) is 5.69 Å². The quantitative estimate of drug-likeness (QED) is 0.401. The lowest BCUT2D eigenvalue weighted by Gasteiger charge is -2.28. The van der Waals surface area contributed by atoms with E-state index in [1.165, 1.54) is 34.2 Å². The molecule has 1 saturated heterocycles. The average Bonchev–Trinajstić information content (AvgIpc) is 3.44. The monoisotopic (exact) mass is 488 g/mol. The molecule has 1 aromatic heterocycles. The molecule has 3 aromatic rings. The fraction of sp³-hybridized carbons (Fsp3) is 0.433. The van der Waals surface area contributed by atoms with Crippen molar-refractivity contribution < 1.29 is 9.18 Å². The number of fused-ring (bicyclic) bond motifs is 1. The second-order valence-electron chi connectivity index (χ2n) is 10.7. The Morgan fingerprint density at radius 1 is 0.944 bits per heavy atom. The predicted molar refractivity (Wildman–Crippen MR) is 145 cm³/mol. The van der Waals surface area contributed by atoms with Gasteiger partial charge in [0.25, 0.3) is 0 Å². The highest BCUT2D eigenvalue weighted by Crippen LogP contribution is 2.34. The number of nitrogens with zero attached hydrogens (tertiary/aromatic N) is 4. The lowest BCUT2D eigenvalue weighted by atomic mass is 9.96. The van der Waals surface area contributed by atoms with Crippen LogP contribution in [0, 0.1) is 5.82 Å². The van der Waals surface area contributed by atoms with Crippen LogP contribution in [0.4, 0.5) is 9.18 Å². The van der Waals surface area contributed by atoms with Gasteiger partial charge in [0.2, 0.25) is 0 Å². The second-order valence-corrected chi connectivity index (χ2v) is 10.7. The molecule has 6 heteroatoms. The van der Waals surface area contributed by atoms with Gasteiger partial charge < -0.3 is 14.4 Å². The highest BCUT2D eigenvalue weighted by molar-refractivity contribution is 5.95. The number of benzene rings is 2. The normalized spacial score (nSPS) is 17.2. The molecule has 2 aliphatic rings. The number of hydrogen-bond acceptors (Lipinski definition) is 2. The van der Waals surface area contributed by atoms with Crippen LogP contribution in [0.5, 0.6) is 0 Å². The summed E-state index contributed by atoms with van der Waals surface area (Å²) in [4.78, 5) is 19.0. The van der Waals surface area contributed by atoms with E-state index in [0.717, 1.165) is 56.9 Å². The molecule has 0 radical (unpaired) electrons. The van der Waals surface area contributed by atoms with Gasteiger partial charge in [-0.25, -0.2) is 9.18 Å². The zero-order valence-electron chi connectivity index (χ0n) is 21.9. The molecule has 36 heavy (non-hydrogen) atoms. The third-order valence-electron chi connectivity index (χ3n) is 7.68. The molecule has 5 nitrogen and oxygen atoms in total. The van der Waals surface area contributed by atoms with Gasteiger partial charge in [0.15, 0.2) is 0 Å². The third-order valence-corrected chi connectivity index (χ3v) is 7.68. The van der Waals surface area contributed by atoms with Gasteiger partial charge in [-0.1, -0.05) is 32.1 Å². The first-order valence-corrected chi connectivity index (χ1v) is 13.2. The van der Waals surface area contributed by atoms with E-state index in [2.05, 4.69) is 67.6 Å². The summed E-state index contributed by atoms with van der Waals surface area (Å²) in [5.74, 6) is 0.216. The molecule has 1 fully saturated rings. The van der Waals surface area contributed by atoms with Gasteiger partial charge in [0, 0.05) is 68.1 Å². The van der Waals surface area contributed by atoms with Crippen LogP contribution < -0.4 is 0 Å². The Hall–Kier alpha value is -3.12. The Kier molecular flexibility index (Phi) is 6.89. The molecular formula is C30H37FN4O. The Balaban J connectivity index is 1.35. The maximum absolute atomic E-state index is 13.6. The Bertz CT molecular complexity index is 1270. The van der Waals surface area contributed by atoms with Crippen LogP contribution in [0.25, 0.3) is 22.2 Å². The van der Waals surface area contributed by atoms with Gasteiger partial charge in [0.1, 0.15) is 5.82 Å². The van der Waals surface area contributed by atoms with E-state index in [1.807, 2.05) is 21.9 Å². The zero-order valence-corrected chi connectivity index (χ0v) is 21.9. The Labute approximate surface area is 213 Å². The molecule has 0 unspecified atom stereocenters. The summed E-state index contributed by atoms with van der Waals surface area (Å²) in [6.07, 6.45) is 5.53. The van der Waals surface area contributed by atoms with Crippen molar-refractivity contribution in [1.29, 1.82) is 0 Å². The van der Waals surface area contributed by atoms with E-state index in [4.69, 9.17) is 0 Å². The van der Waals surface area contributed by atoms with Crippen molar-refractivity contribution in [1.82, 2.24) is 19.3 Å². The van der Waals surface area contributed by atoms with Crippen LogP contribution in [0.1, 0.15) is 51.2 Å². The van der Waals surface area contributed by atoms with Crippen LogP contribution in [-0.4, -0.2) is 70.6 Å². The number of urea groups is 1. The molecule has 2 aliphatic heterocycles. The number of carbonyl (C=O) groups is 1. The fourth-order valence-corrected chi connectivity index (χ4v) is 5.38. The van der Waals surface area contributed by atoms with E-state index in [-0.39, 0.29) is 17.9 Å². The van der Waals surface area contributed by atoms with Crippen molar-refractivity contribution in [2.75, 3.05) is 39.3 Å². The van der Waals surface area contributed by atoms with Gasteiger partial charge in [-0.05, 0) is 67.7 Å². The van der Waals surface area contributed by atoms with Gasteiger partial charge in [-0.2, -0.15) is 0 Å². The fourth-order valence-electron chi connectivity index (χ4n) is 5.38. The van der Waals surface area contributed by atoms with Crippen molar-refractivity contribution in [3.63, 3.8) is 0 Å². The standard InChI is InChI=1S/C30H37FN4O/c1-21(2)24-5-10-27-28(20-35(29(27)19-24)26-8-6-25(31)7-9-26)23-11-13-32(14-12-23)15-16-33-17-18-34(22(3)4)30(33)36/h5-11,19-22H,12-18H2,1-4H3. The Morgan fingerprint density at radius 3 is 2.36 bits per heavy atom. The smallest absolute Gasteiger partial charge is 0.320 e. The average molecular weight is 489 g/mol.